The summed E-state index contributed by atoms with van der Waals surface area (Å²) in [5.74, 6) is -0.133. The van der Waals surface area contributed by atoms with Gasteiger partial charge in [-0.1, -0.05) is 44.3 Å². The molecule has 4 nitrogen and oxygen atoms in total. The largest absolute Gasteiger partial charge is 0.465 e. The van der Waals surface area contributed by atoms with Gasteiger partial charge in [0.1, 0.15) is 5.76 Å². The molecule has 0 bridgehead atoms. The molecule has 0 fully saturated rings. The lowest BCUT2D eigenvalue weighted by Crippen LogP contribution is -2.13. The molecule has 0 aliphatic carbocycles. The highest BCUT2D eigenvalue weighted by atomic mass is 16.5. The SMILES string of the molecule is CC(=O)O/C1=C/C=C\C(C)C(=O)OCCCCCCCCC1. The molecule has 0 saturated heterocycles. The van der Waals surface area contributed by atoms with Crippen LogP contribution in [-0.4, -0.2) is 18.5 Å². The van der Waals surface area contributed by atoms with Crippen molar-refractivity contribution in [2.75, 3.05) is 6.61 Å². The van der Waals surface area contributed by atoms with Gasteiger partial charge in [0.05, 0.1) is 12.5 Å². The maximum atomic E-state index is 11.8. The molecule has 1 aliphatic rings. The Balaban J connectivity index is 2.66. The molecule has 0 radical (unpaired) electrons. The van der Waals surface area contributed by atoms with E-state index in [4.69, 9.17) is 9.47 Å². The molecule has 0 aromatic heterocycles. The molecule has 1 heterocycles. The number of carbonyl (C=O) groups is 2. The van der Waals surface area contributed by atoms with Gasteiger partial charge in [0.25, 0.3) is 0 Å². The van der Waals surface area contributed by atoms with Gasteiger partial charge in [-0.25, -0.2) is 0 Å². The second-order valence-electron chi connectivity index (χ2n) is 5.79. The maximum Gasteiger partial charge on any atom is 0.312 e. The molecule has 0 aromatic carbocycles. The Morgan fingerprint density at radius 3 is 2.45 bits per heavy atom. The second kappa shape index (κ2) is 11.0. The Morgan fingerprint density at radius 2 is 1.77 bits per heavy atom. The molecule has 1 atom stereocenters. The van der Waals surface area contributed by atoms with E-state index in [-0.39, 0.29) is 17.9 Å². The van der Waals surface area contributed by atoms with Crippen molar-refractivity contribution in [1.29, 1.82) is 0 Å². The summed E-state index contributed by atoms with van der Waals surface area (Å²) < 4.78 is 10.5. The number of cyclic esters (lactones) is 1. The van der Waals surface area contributed by atoms with Gasteiger partial charge in [-0.3, -0.25) is 9.59 Å². The average molecular weight is 308 g/mol. The van der Waals surface area contributed by atoms with Gasteiger partial charge in [-0.05, 0) is 25.8 Å². The van der Waals surface area contributed by atoms with E-state index in [1.807, 2.05) is 0 Å². The minimum absolute atomic E-state index is 0.203. The topological polar surface area (TPSA) is 52.6 Å². The van der Waals surface area contributed by atoms with Crippen molar-refractivity contribution in [2.45, 2.75) is 65.2 Å². The number of allylic oxidation sites excluding steroid dienone is 3. The molecule has 124 valence electrons. The van der Waals surface area contributed by atoms with Gasteiger partial charge >= 0.3 is 11.9 Å². The van der Waals surface area contributed by atoms with Crippen LogP contribution < -0.4 is 0 Å². The fourth-order valence-electron chi connectivity index (χ4n) is 2.35. The summed E-state index contributed by atoms with van der Waals surface area (Å²) >= 11 is 0. The molecule has 4 heteroatoms. The molecule has 0 aromatic rings. The number of esters is 2. The average Bonchev–Trinajstić information content (AvgIpc) is 2.46. The van der Waals surface area contributed by atoms with Crippen molar-refractivity contribution in [3.8, 4) is 0 Å². The van der Waals surface area contributed by atoms with Crippen LogP contribution in [-0.2, 0) is 19.1 Å². The summed E-state index contributed by atoms with van der Waals surface area (Å²) in [5, 5.41) is 0. The van der Waals surface area contributed by atoms with E-state index in [0.29, 0.717) is 12.4 Å². The zero-order chi connectivity index (χ0) is 16.2. The van der Waals surface area contributed by atoms with Gasteiger partial charge in [0.2, 0.25) is 0 Å². The fraction of sp³-hybridized carbons (Fsp3) is 0.667. The molecule has 1 unspecified atom stereocenters. The number of hydrogen-bond donors (Lipinski definition) is 0. The van der Waals surface area contributed by atoms with Crippen LogP contribution >= 0.6 is 0 Å². The summed E-state index contributed by atoms with van der Waals surface area (Å²) in [6.07, 6.45) is 13.9. The van der Waals surface area contributed by atoms with Crippen LogP contribution in [0.4, 0.5) is 0 Å². The Labute approximate surface area is 133 Å². The first-order valence-electron chi connectivity index (χ1n) is 8.32. The first-order chi connectivity index (χ1) is 10.6. The van der Waals surface area contributed by atoms with Gasteiger partial charge in [0, 0.05) is 13.3 Å². The Hall–Kier alpha value is -1.58. The monoisotopic (exact) mass is 308 g/mol. The summed E-state index contributed by atoms with van der Waals surface area (Å²) in [4.78, 5) is 22.9. The Morgan fingerprint density at radius 1 is 1.14 bits per heavy atom. The van der Waals surface area contributed by atoms with E-state index < -0.39 is 0 Å². The van der Waals surface area contributed by atoms with E-state index in [2.05, 4.69) is 0 Å². The quantitative estimate of drug-likeness (QED) is 0.678. The minimum Gasteiger partial charge on any atom is -0.465 e. The molecule has 0 saturated carbocycles. The van der Waals surface area contributed by atoms with Crippen LogP contribution in [0.5, 0.6) is 0 Å². The van der Waals surface area contributed by atoms with E-state index in [0.717, 1.165) is 32.1 Å². The zero-order valence-electron chi connectivity index (χ0n) is 13.8. The first kappa shape index (κ1) is 18.5. The molecule has 0 amide bonds. The lowest BCUT2D eigenvalue weighted by atomic mass is 10.1. The molecule has 1 aliphatic heterocycles. The van der Waals surface area contributed by atoms with Crippen molar-refractivity contribution in [3.05, 3.63) is 24.0 Å². The molecular formula is C18H28O4. The highest BCUT2D eigenvalue weighted by molar-refractivity contribution is 5.74. The predicted octanol–water partition coefficient (Wildman–Crippen LogP) is 4.30. The van der Waals surface area contributed by atoms with Gasteiger partial charge in [-0.2, -0.15) is 0 Å². The third-order valence-corrected chi connectivity index (χ3v) is 3.64. The second-order valence-corrected chi connectivity index (χ2v) is 5.79. The maximum absolute atomic E-state index is 11.8. The molecular weight excluding hydrogens is 280 g/mol. The highest BCUT2D eigenvalue weighted by Gasteiger charge is 2.10. The van der Waals surface area contributed by atoms with E-state index >= 15 is 0 Å². The van der Waals surface area contributed by atoms with E-state index in [1.165, 1.54) is 26.2 Å². The number of ether oxygens (including phenoxy) is 2. The van der Waals surface area contributed by atoms with Crippen LogP contribution in [0.1, 0.15) is 65.2 Å². The highest BCUT2D eigenvalue weighted by Crippen LogP contribution is 2.15. The van der Waals surface area contributed by atoms with E-state index in [9.17, 15) is 9.59 Å². The normalized spacial score (nSPS) is 26.4. The lowest BCUT2D eigenvalue weighted by Gasteiger charge is -2.09. The standard InChI is InChI=1S/C18H28O4/c1-15-11-10-13-17(22-16(2)19)12-8-6-4-3-5-7-9-14-21-18(15)20/h10-11,13,15H,3-9,12,14H2,1-2H3/b11-10-,17-13+. The van der Waals surface area contributed by atoms with Crippen LogP contribution in [0.15, 0.2) is 24.0 Å². The fourth-order valence-corrected chi connectivity index (χ4v) is 2.35. The first-order valence-corrected chi connectivity index (χ1v) is 8.32. The lowest BCUT2D eigenvalue weighted by molar-refractivity contribution is -0.146. The molecule has 0 spiro atoms. The molecule has 22 heavy (non-hydrogen) atoms. The smallest absolute Gasteiger partial charge is 0.312 e. The van der Waals surface area contributed by atoms with Crippen LogP contribution in [0, 0.1) is 5.92 Å². The minimum atomic E-state index is -0.304. The van der Waals surface area contributed by atoms with Crippen LogP contribution in [0.3, 0.4) is 0 Å². The van der Waals surface area contributed by atoms with Gasteiger partial charge < -0.3 is 9.47 Å². The number of carbonyl (C=O) groups excluding carboxylic acids is 2. The zero-order valence-corrected chi connectivity index (χ0v) is 13.8. The van der Waals surface area contributed by atoms with Crippen molar-refractivity contribution in [3.63, 3.8) is 0 Å². The van der Waals surface area contributed by atoms with Crippen LogP contribution in [0.2, 0.25) is 0 Å². The van der Waals surface area contributed by atoms with Gasteiger partial charge in [0.15, 0.2) is 0 Å². The van der Waals surface area contributed by atoms with Crippen molar-refractivity contribution in [2.24, 2.45) is 5.92 Å². The Bertz CT molecular complexity index is 409. The summed E-state index contributed by atoms with van der Waals surface area (Å²) in [7, 11) is 0. The van der Waals surface area contributed by atoms with Crippen molar-refractivity contribution >= 4 is 11.9 Å². The number of hydrogen-bond acceptors (Lipinski definition) is 4. The molecule has 0 N–H and O–H groups in total. The predicted molar refractivity (Wildman–Crippen MR) is 86.0 cm³/mol. The summed E-state index contributed by atoms with van der Waals surface area (Å²) in [6, 6.07) is 0. The number of rotatable bonds is 1. The van der Waals surface area contributed by atoms with Crippen LogP contribution in [0.25, 0.3) is 0 Å². The van der Waals surface area contributed by atoms with Crippen molar-refractivity contribution < 1.29 is 19.1 Å². The summed E-state index contributed by atoms with van der Waals surface area (Å²) in [5.41, 5.74) is 0. The molecule has 1 rings (SSSR count). The van der Waals surface area contributed by atoms with Gasteiger partial charge in [-0.15, -0.1) is 0 Å². The van der Waals surface area contributed by atoms with Crippen molar-refractivity contribution in [1.82, 2.24) is 0 Å². The third-order valence-electron chi connectivity index (χ3n) is 3.64. The van der Waals surface area contributed by atoms with E-state index in [1.54, 1.807) is 25.2 Å². The third kappa shape index (κ3) is 8.65. The Kier molecular flexibility index (Phi) is 9.28. The summed E-state index contributed by atoms with van der Waals surface area (Å²) in [6.45, 7) is 3.72.